The number of aryl methyl sites for hydroxylation is 1. The second-order valence-corrected chi connectivity index (χ2v) is 9.13. The number of benzene rings is 2. The van der Waals surface area contributed by atoms with E-state index in [1.807, 2.05) is 58.5 Å². The molecule has 1 N–H and O–H groups in total. The van der Waals surface area contributed by atoms with Gasteiger partial charge in [-0.25, -0.2) is 9.97 Å². The molecule has 0 saturated heterocycles. The number of carbonyl (C=O) groups is 1. The maximum Gasteiger partial charge on any atom is 0.244 e. The molecule has 3 aromatic heterocycles. The predicted molar refractivity (Wildman–Crippen MR) is 132 cm³/mol. The molecule has 34 heavy (non-hydrogen) atoms. The van der Waals surface area contributed by atoms with Crippen LogP contribution in [0.3, 0.4) is 0 Å². The quantitative estimate of drug-likeness (QED) is 0.400. The third-order valence-electron chi connectivity index (χ3n) is 6.15. The maximum absolute atomic E-state index is 13.0. The molecule has 0 radical (unpaired) electrons. The van der Waals surface area contributed by atoms with Gasteiger partial charge >= 0.3 is 0 Å². The molecule has 0 spiro atoms. The Kier molecular flexibility index (Phi) is 5.38. The van der Waals surface area contributed by atoms with E-state index in [0.717, 1.165) is 59.0 Å². The molecule has 170 valence electrons. The van der Waals surface area contributed by atoms with Crippen molar-refractivity contribution in [3.8, 4) is 22.9 Å². The zero-order chi connectivity index (χ0) is 22.9. The standard InChI is InChI=1S/C25H23N7OS/c33-23(14-32-21-7-4-3-6-19(21)28-25(32)20-15-34-16-26-20)27-18-11-9-17(10-12-18)24-30-29-22-8-2-1-5-13-31(22)24/h3-4,6-7,9-12,15-16H,1-2,5,8,13-14H2,(H,27,33). The first-order valence-corrected chi connectivity index (χ1v) is 12.4. The first kappa shape index (κ1) is 20.7. The maximum atomic E-state index is 13.0. The highest BCUT2D eigenvalue weighted by Crippen LogP contribution is 2.26. The number of fused-ring (bicyclic) bond motifs is 2. The molecular weight excluding hydrogens is 446 g/mol. The Balaban J connectivity index is 1.22. The molecule has 0 fully saturated rings. The van der Waals surface area contributed by atoms with Crippen LogP contribution in [-0.2, 0) is 24.3 Å². The SMILES string of the molecule is O=C(Cn1c(-c2cscn2)nc2ccccc21)Nc1ccc(-c2nnc3n2CCCCC3)cc1. The van der Waals surface area contributed by atoms with Crippen LogP contribution < -0.4 is 5.32 Å². The van der Waals surface area contributed by atoms with Crippen molar-refractivity contribution < 1.29 is 4.79 Å². The van der Waals surface area contributed by atoms with Crippen molar-refractivity contribution in [2.75, 3.05) is 5.32 Å². The van der Waals surface area contributed by atoms with Crippen LogP contribution in [0.1, 0.15) is 25.1 Å². The summed E-state index contributed by atoms with van der Waals surface area (Å²) in [5.41, 5.74) is 6.04. The van der Waals surface area contributed by atoms with Gasteiger partial charge in [0.1, 0.15) is 18.1 Å². The predicted octanol–water partition coefficient (Wildman–Crippen LogP) is 4.78. The highest BCUT2D eigenvalue weighted by atomic mass is 32.1. The molecule has 0 bridgehead atoms. The smallest absolute Gasteiger partial charge is 0.244 e. The minimum Gasteiger partial charge on any atom is -0.325 e. The van der Waals surface area contributed by atoms with E-state index < -0.39 is 0 Å². The van der Waals surface area contributed by atoms with E-state index in [9.17, 15) is 4.79 Å². The fourth-order valence-corrected chi connectivity index (χ4v) is 5.03. The number of thiazole rings is 1. The average molecular weight is 470 g/mol. The summed E-state index contributed by atoms with van der Waals surface area (Å²) in [6.07, 6.45) is 4.52. The zero-order valence-electron chi connectivity index (χ0n) is 18.5. The zero-order valence-corrected chi connectivity index (χ0v) is 19.3. The van der Waals surface area contributed by atoms with Crippen molar-refractivity contribution in [2.24, 2.45) is 0 Å². The van der Waals surface area contributed by atoms with E-state index in [1.165, 1.54) is 24.2 Å². The number of anilines is 1. The minimum atomic E-state index is -0.122. The van der Waals surface area contributed by atoms with Gasteiger partial charge in [0.05, 0.1) is 16.5 Å². The largest absolute Gasteiger partial charge is 0.325 e. The van der Waals surface area contributed by atoms with Crippen LogP contribution >= 0.6 is 11.3 Å². The lowest BCUT2D eigenvalue weighted by atomic mass is 10.2. The number of carbonyl (C=O) groups excluding carboxylic acids is 1. The van der Waals surface area contributed by atoms with Gasteiger partial charge in [0.25, 0.3) is 0 Å². The third kappa shape index (κ3) is 3.88. The van der Waals surface area contributed by atoms with Crippen LogP contribution in [0.4, 0.5) is 5.69 Å². The molecule has 0 unspecified atom stereocenters. The van der Waals surface area contributed by atoms with Crippen LogP contribution in [0.25, 0.3) is 33.9 Å². The normalized spacial score (nSPS) is 13.5. The second kappa shape index (κ2) is 8.83. The molecule has 6 rings (SSSR count). The number of rotatable bonds is 5. The fraction of sp³-hybridized carbons (Fsp3) is 0.240. The molecule has 1 aliphatic rings. The number of amides is 1. The van der Waals surface area contributed by atoms with Gasteiger partial charge in [-0.1, -0.05) is 18.6 Å². The molecular formula is C25H23N7OS. The molecule has 4 heterocycles. The molecule has 1 aliphatic heterocycles. The Labute approximate surface area is 200 Å². The molecule has 8 nitrogen and oxygen atoms in total. The van der Waals surface area contributed by atoms with Gasteiger partial charge in [0.15, 0.2) is 11.6 Å². The van der Waals surface area contributed by atoms with Crippen molar-refractivity contribution in [1.29, 1.82) is 0 Å². The number of nitrogens with one attached hydrogen (secondary N) is 1. The van der Waals surface area contributed by atoms with Crippen LogP contribution in [0.2, 0.25) is 0 Å². The summed E-state index contributed by atoms with van der Waals surface area (Å²) in [5, 5.41) is 13.8. The van der Waals surface area contributed by atoms with Gasteiger partial charge in [0, 0.05) is 29.6 Å². The Hall–Kier alpha value is -3.85. The van der Waals surface area contributed by atoms with Crippen LogP contribution in [0.5, 0.6) is 0 Å². The topological polar surface area (TPSA) is 90.5 Å². The number of imidazole rings is 1. The van der Waals surface area contributed by atoms with Gasteiger partial charge in [0.2, 0.25) is 5.91 Å². The van der Waals surface area contributed by atoms with Crippen molar-refractivity contribution >= 4 is 34.0 Å². The van der Waals surface area contributed by atoms with Crippen molar-refractivity contribution in [3.63, 3.8) is 0 Å². The van der Waals surface area contributed by atoms with Gasteiger partial charge in [-0.05, 0) is 49.2 Å². The Bertz CT molecular complexity index is 1450. The highest BCUT2D eigenvalue weighted by Gasteiger charge is 2.18. The third-order valence-corrected chi connectivity index (χ3v) is 6.74. The van der Waals surface area contributed by atoms with Gasteiger partial charge in [-0.15, -0.1) is 21.5 Å². The summed E-state index contributed by atoms with van der Waals surface area (Å²) in [5.74, 6) is 2.53. The van der Waals surface area contributed by atoms with Crippen LogP contribution in [0, 0.1) is 0 Å². The lowest BCUT2D eigenvalue weighted by Crippen LogP contribution is -2.19. The van der Waals surface area contributed by atoms with E-state index in [-0.39, 0.29) is 12.5 Å². The summed E-state index contributed by atoms with van der Waals surface area (Å²) in [6.45, 7) is 1.10. The lowest BCUT2D eigenvalue weighted by molar-refractivity contribution is -0.116. The van der Waals surface area contributed by atoms with Gasteiger partial charge in [-0.2, -0.15) is 0 Å². The fourth-order valence-electron chi connectivity index (χ4n) is 4.50. The summed E-state index contributed by atoms with van der Waals surface area (Å²) < 4.78 is 4.14. The van der Waals surface area contributed by atoms with Crippen LogP contribution in [-0.4, -0.2) is 35.2 Å². The van der Waals surface area contributed by atoms with Crippen molar-refractivity contribution in [1.82, 2.24) is 29.3 Å². The molecule has 2 aromatic carbocycles. The van der Waals surface area contributed by atoms with Gasteiger partial charge < -0.3 is 14.5 Å². The summed E-state index contributed by atoms with van der Waals surface area (Å²) >= 11 is 1.51. The van der Waals surface area contributed by atoms with E-state index >= 15 is 0 Å². The monoisotopic (exact) mass is 469 g/mol. The molecule has 0 aliphatic carbocycles. The lowest BCUT2D eigenvalue weighted by Gasteiger charge is -2.10. The summed E-state index contributed by atoms with van der Waals surface area (Å²) in [7, 11) is 0. The van der Waals surface area contributed by atoms with E-state index in [4.69, 9.17) is 4.98 Å². The molecule has 0 saturated carbocycles. The number of para-hydroxylation sites is 2. The minimum absolute atomic E-state index is 0.122. The van der Waals surface area contributed by atoms with Crippen molar-refractivity contribution in [2.45, 2.75) is 38.8 Å². The average Bonchev–Trinajstić information content (AvgIpc) is 3.56. The molecule has 5 aromatic rings. The number of hydrogen-bond acceptors (Lipinski definition) is 6. The number of nitrogens with zero attached hydrogens (tertiary/aromatic N) is 6. The number of hydrogen-bond donors (Lipinski definition) is 1. The summed E-state index contributed by atoms with van der Waals surface area (Å²) in [6, 6.07) is 15.6. The molecule has 9 heteroatoms. The number of aromatic nitrogens is 6. The van der Waals surface area contributed by atoms with E-state index in [0.29, 0.717) is 5.82 Å². The first-order valence-electron chi connectivity index (χ1n) is 11.4. The Morgan fingerprint density at radius 3 is 2.74 bits per heavy atom. The second-order valence-electron chi connectivity index (χ2n) is 8.41. The van der Waals surface area contributed by atoms with Crippen molar-refractivity contribution in [3.05, 3.63) is 65.2 Å². The highest BCUT2D eigenvalue weighted by molar-refractivity contribution is 7.07. The molecule has 0 atom stereocenters. The van der Waals surface area contributed by atoms with E-state index in [1.54, 1.807) is 5.51 Å². The van der Waals surface area contributed by atoms with Gasteiger partial charge in [-0.3, -0.25) is 4.79 Å². The van der Waals surface area contributed by atoms with E-state index in [2.05, 4.69) is 25.1 Å². The Morgan fingerprint density at radius 2 is 1.88 bits per heavy atom. The van der Waals surface area contributed by atoms with Crippen LogP contribution in [0.15, 0.2) is 59.4 Å². The first-order chi connectivity index (χ1) is 16.8. The summed E-state index contributed by atoms with van der Waals surface area (Å²) in [4.78, 5) is 22.1. The Morgan fingerprint density at radius 1 is 1.00 bits per heavy atom. The molecule has 1 amide bonds.